The fraction of sp³-hybridized carbons (Fsp3) is 0.348. The number of benzene rings is 2. The molecule has 23 nitrogen and oxygen atoms in total. The number of allylic oxidation sites excluding steroid dienone is 2. The Morgan fingerprint density at radius 3 is 2.10 bits per heavy atom. The first-order valence-electron chi connectivity index (χ1n) is 22.2. The molecule has 0 bridgehead atoms. The lowest BCUT2D eigenvalue weighted by molar-refractivity contribution is -0.136. The molecule has 7 aromatic rings. The second-order valence-electron chi connectivity index (χ2n) is 15.8. The highest BCUT2D eigenvalue weighted by Crippen LogP contribution is 2.37. The van der Waals surface area contributed by atoms with Gasteiger partial charge in [0.25, 0.3) is 5.91 Å². The molecule has 362 valence electrons. The van der Waals surface area contributed by atoms with Crippen molar-refractivity contribution < 1.29 is 48.4 Å². The summed E-state index contributed by atoms with van der Waals surface area (Å²) in [5, 5.41) is 33.8. The van der Waals surface area contributed by atoms with Gasteiger partial charge in [0.05, 0.1) is 48.7 Å². The predicted octanol–water partition coefficient (Wildman–Crippen LogP) is 4.09. The van der Waals surface area contributed by atoms with Crippen LogP contribution in [0, 0.1) is 13.8 Å². The van der Waals surface area contributed by atoms with Gasteiger partial charge in [-0.1, -0.05) is 12.2 Å². The van der Waals surface area contributed by atoms with Crippen LogP contribution in [0.3, 0.4) is 0 Å². The number of aliphatic carboxylic acids is 1. The van der Waals surface area contributed by atoms with Crippen LogP contribution in [-0.2, 0) is 35.7 Å². The maximum atomic E-state index is 13.8. The van der Waals surface area contributed by atoms with Crippen molar-refractivity contribution >= 4 is 68.7 Å². The standard InChI is InChI=1S/C46H53N13O10/c1-5-58-33(19-26(3)54-58)42-50-25-31-30-21-28(40(47)63)23-35(68-17-10-18-69-46(66)49-12-11-37(61)62)38(30)56(43(31)52-42)13-7-8-14-57-39-32(22-29(41(48)64)24-36(39)67-16-9-15-60)51-45(57)53-44(65)34-20-27(4)55-59(34)6-2/h7-8,19-25,60H,5-6,9-18H2,1-4H3,(H2,47,63)(H2,48,64)(H,49,66)(H,61,62)(H,51,53,65). The summed E-state index contributed by atoms with van der Waals surface area (Å²) < 4.78 is 24.6. The molecule has 0 aliphatic carbocycles. The van der Waals surface area contributed by atoms with Gasteiger partial charge < -0.3 is 50.3 Å². The Bertz CT molecular complexity index is 3110. The Morgan fingerprint density at radius 2 is 1.42 bits per heavy atom. The minimum atomic E-state index is -1.06. The topological polar surface area (TPSA) is 314 Å². The highest BCUT2D eigenvalue weighted by molar-refractivity contribution is 6.12. The molecule has 5 aromatic heterocycles. The van der Waals surface area contributed by atoms with E-state index in [-0.39, 0.29) is 87.5 Å². The van der Waals surface area contributed by atoms with E-state index in [9.17, 15) is 29.1 Å². The van der Waals surface area contributed by atoms with E-state index in [4.69, 9.17) is 45.7 Å². The average Bonchev–Trinajstić information content (AvgIpc) is 4.08. The molecule has 4 amide bonds. The molecule has 0 radical (unpaired) electrons. The van der Waals surface area contributed by atoms with Crippen LogP contribution in [0.15, 0.2) is 54.7 Å². The number of aryl methyl sites for hydroxylation is 4. The number of rotatable bonds is 23. The van der Waals surface area contributed by atoms with E-state index in [1.165, 1.54) is 18.2 Å². The molecule has 2 aromatic carbocycles. The average molecular weight is 948 g/mol. The van der Waals surface area contributed by atoms with Crippen molar-refractivity contribution in [2.45, 2.75) is 73.1 Å². The first kappa shape index (κ1) is 48.6. The molecule has 0 saturated carbocycles. The summed E-state index contributed by atoms with van der Waals surface area (Å²) in [6.07, 6.45) is 4.92. The van der Waals surface area contributed by atoms with Gasteiger partial charge in [-0.3, -0.25) is 33.9 Å². The van der Waals surface area contributed by atoms with Crippen LogP contribution in [-0.4, -0.2) is 117 Å². The van der Waals surface area contributed by atoms with Crippen LogP contribution in [0.25, 0.3) is 44.5 Å². The van der Waals surface area contributed by atoms with E-state index < -0.39 is 29.8 Å². The number of nitrogens with zero attached hydrogens (tertiary/aromatic N) is 9. The molecule has 7 rings (SSSR count). The number of aromatic nitrogens is 9. The number of alkyl carbamates (subject to hydrolysis) is 1. The van der Waals surface area contributed by atoms with E-state index in [1.807, 2.05) is 43.6 Å². The minimum Gasteiger partial charge on any atom is -0.491 e. The van der Waals surface area contributed by atoms with Gasteiger partial charge in [-0.05, 0) is 64.1 Å². The van der Waals surface area contributed by atoms with Crippen molar-refractivity contribution in [3.63, 3.8) is 0 Å². The van der Waals surface area contributed by atoms with Crippen molar-refractivity contribution in [2.75, 3.05) is 38.3 Å². The van der Waals surface area contributed by atoms with E-state index in [2.05, 4.69) is 20.8 Å². The summed E-state index contributed by atoms with van der Waals surface area (Å²) in [5.74, 6) is -1.84. The number of nitrogens with one attached hydrogen (secondary N) is 2. The number of amides is 4. The Hall–Kier alpha value is -8.34. The van der Waals surface area contributed by atoms with Crippen LogP contribution in [0.5, 0.6) is 11.5 Å². The molecule has 0 aliphatic rings. The van der Waals surface area contributed by atoms with Gasteiger partial charge in [0.2, 0.25) is 17.8 Å². The monoisotopic (exact) mass is 947 g/mol. The number of hydrogen-bond acceptors (Lipinski definition) is 14. The summed E-state index contributed by atoms with van der Waals surface area (Å²) >= 11 is 0. The molecule has 0 fully saturated rings. The quantitative estimate of drug-likeness (QED) is 0.0389. The number of primary amides is 2. The molecular weight excluding hydrogens is 895 g/mol. The van der Waals surface area contributed by atoms with Crippen LogP contribution >= 0.6 is 0 Å². The third-order valence-electron chi connectivity index (χ3n) is 10.8. The largest absolute Gasteiger partial charge is 0.491 e. The van der Waals surface area contributed by atoms with E-state index in [1.54, 1.807) is 39.2 Å². The number of aliphatic hydroxyl groups is 1. The molecule has 0 aliphatic heterocycles. The second-order valence-corrected chi connectivity index (χ2v) is 15.8. The van der Waals surface area contributed by atoms with Crippen molar-refractivity contribution in [3.05, 3.63) is 83.0 Å². The Balaban J connectivity index is 1.29. The van der Waals surface area contributed by atoms with Crippen molar-refractivity contribution in [1.29, 1.82) is 0 Å². The smallest absolute Gasteiger partial charge is 0.407 e. The fourth-order valence-electron chi connectivity index (χ4n) is 7.71. The number of nitrogens with two attached hydrogens (primary N) is 2. The zero-order valence-electron chi connectivity index (χ0n) is 38.5. The number of carbonyl (C=O) groups is 5. The highest BCUT2D eigenvalue weighted by Gasteiger charge is 2.24. The molecule has 8 N–H and O–H groups in total. The zero-order chi connectivity index (χ0) is 49.4. The number of aliphatic hydroxyl groups excluding tert-OH is 1. The third kappa shape index (κ3) is 10.9. The minimum absolute atomic E-state index is 0.0456. The molecule has 0 atom stereocenters. The Kier molecular flexibility index (Phi) is 15.2. The lowest BCUT2D eigenvalue weighted by Crippen LogP contribution is -2.27. The number of carboxylic acid groups (broad SMARTS) is 1. The maximum absolute atomic E-state index is 13.8. The number of ether oxygens (including phenoxy) is 3. The molecule has 69 heavy (non-hydrogen) atoms. The first-order valence-corrected chi connectivity index (χ1v) is 22.2. The predicted molar refractivity (Wildman–Crippen MR) is 252 cm³/mol. The summed E-state index contributed by atoms with van der Waals surface area (Å²) in [6, 6.07) is 9.76. The van der Waals surface area contributed by atoms with E-state index >= 15 is 0 Å². The molecule has 0 spiro atoms. The fourth-order valence-corrected chi connectivity index (χ4v) is 7.71. The number of fused-ring (bicyclic) bond motifs is 4. The van der Waals surface area contributed by atoms with Crippen LogP contribution in [0.4, 0.5) is 10.7 Å². The first-order chi connectivity index (χ1) is 33.2. The highest BCUT2D eigenvalue weighted by atomic mass is 16.5. The van der Waals surface area contributed by atoms with Gasteiger partial charge in [-0.2, -0.15) is 10.2 Å². The van der Waals surface area contributed by atoms with Gasteiger partial charge >= 0.3 is 12.1 Å². The van der Waals surface area contributed by atoms with Crippen LogP contribution in [0.1, 0.15) is 75.7 Å². The molecule has 5 heterocycles. The Labute approximate surface area is 394 Å². The number of anilines is 1. The lowest BCUT2D eigenvalue weighted by atomic mass is 10.1. The maximum Gasteiger partial charge on any atom is 0.407 e. The number of imidazole rings is 1. The van der Waals surface area contributed by atoms with Gasteiger partial charge in [-0.15, -0.1) is 0 Å². The third-order valence-corrected chi connectivity index (χ3v) is 10.8. The second kappa shape index (κ2) is 21.5. The van der Waals surface area contributed by atoms with Gasteiger partial charge in [-0.25, -0.2) is 19.7 Å². The van der Waals surface area contributed by atoms with Gasteiger partial charge in [0.1, 0.15) is 34.1 Å². The van der Waals surface area contributed by atoms with Crippen LogP contribution in [0.2, 0.25) is 0 Å². The van der Waals surface area contributed by atoms with Crippen molar-refractivity contribution in [1.82, 2.24) is 49.0 Å². The normalized spacial score (nSPS) is 11.5. The van der Waals surface area contributed by atoms with E-state index in [0.29, 0.717) is 75.4 Å². The summed E-state index contributed by atoms with van der Waals surface area (Å²) in [7, 11) is 0. The van der Waals surface area contributed by atoms with Crippen LogP contribution < -0.4 is 31.6 Å². The number of hydrogen-bond donors (Lipinski definition) is 6. The summed E-state index contributed by atoms with van der Waals surface area (Å²) in [4.78, 5) is 76.4. The number of carbonyl (C=O) groups excluding carboxylic acids is 4. The van der Waals surface area contributed by atoms with Crippen molar-refractivity contribution in [3.8, 4) is 23.0 Å². The molecule has 23 heteroatoms. The number of carboxylic acids is 1. The van der Waals surface area contributed by atoms with E-state index in [0.717, 1.165) is 5.69 Å². The molecule has 0 unspecified atom stereocenters. The Morgan fingerprint density at radius 1 is 0.768 bits per heavy atom. The van der Waals surface area contributed by atoms with Crippen molar-refractivity contribution in [2.24, 2.45) is 11.5 Å². The molecule has 0 saturated heterocycles. The SMILES string of the molecule is CCn1nc(C)cc1C(=O)Nc1nc2cc(C(N)=O)cc(OCCCO)c2n1CC=CCn1c2nc(-c3cc(C)nn3CC)ncc2c2cc(C(N)=O)cc(OCCCOC(=O)NCCC(=O)O)c21. The molecular formula is C46H53N13O10. The summed E-state index contributed by atoms with van der Waals surface area (Å²) in [6.45, 7) is 8.70. The van der Waals surface area contributed by atoms with Gasteiger partial charge in [0.15, 0.2) is 5.82 Å². The summed E-state index contributed by atoms with van der Waals surface area (Å²) in [5.41, 5.74) is 16.1. The zero-order valence-corrected chi connectivity index (χ0v) is 38.5. The lowest BCUT2D eigenvalue weighted by Gasteiger charge is -2.13. The van der Waals surface area contributed by atoms with Gasteiger partial charge in [0, 0.05) is 80.3 Å².